The highest BCUT2D eigenvalue weighted by atomic mass is 19.1. The molecule has 9 heteroatoms. The van der Waals surface area contributed by atoms with Crippen LogP contribution in [0.25, 0.3) is 16.9 Å². The first-order valence-electron chi connectivity index (χ1n) is 10.2. The van der Waals surface area contributed by atoms with Crippen LogP contribution in [0.15, 0.2) is 61.1 Å². The lowest BCUT2D eigenvalue weighted by molar-refractivity contribution is 0.0692. The van der Waals surface area contributed by atoms with Gasteiger partial charge in [-0.3, -0.25) is 4.40 Å². The zero-order chi connectivity index (χ0) is 22.1. The van der Waals surface area contributed by atoms with Gasteiger partial charge >= 0.3 is 5.97 Å². The molecule has 4 aromatic rings. The number of halogens is 1. The van der Waals surface area contributed by atoms with E-state index in [1.54, 1.807) is 29.1 Å². The van der Waals surface area contributed by atoms with Gasteiger partial charge in [-0.15, -0.1) is 0 Å². The summed E-state index contributed by atoms with van der Waals surface area (Å²) in [5, 5.41) is 12.3. The second-order valence-electron chi connectivity index (χ2n) is 7.38. The molecule has 0 spiro atoms. The molecule has 8 nitrogen and oxygen atoms in total. The number of aromatic nitrogens is 3. The van der Waals surface area contributed by atoms with Gasteiger partial charge in [-0.05, 0) is 36.4 Å². The van der Waals surface area contributed by atoms with Crippen molar-refractivity contribution in [1.29, 1.82) is 0 Å². The molecule has 5 rings (SSSR count). The number of carboxylic acid groups (broad SMARTS) is 1. The van der Waals surface area contributed by atoms with Crippen LogP contribution in [0.4, 0.5) is 21.6 Å². The number of hydrogen-bond donors (Lipinski definition) is 2. The molecule has 1 aliphatic heterocycles. The highest BCUT2D eigenvalue weighted by Gasteiger charge is 2.15. The predicted octanol–water partition coefficient (Wildman–Crippen LogP) is 3.81. The molecule has 0 unspecified atom stereocenters. The maximum absolute atomic E-state index is 14.2. The van der Waals surface area contributed by atoms with E-state index in [9.17, 15) is 9.18 Å². The lowest BCUT2D eigenvalue weighted by atomic mass is 10.1. The Kier molecular flexibility index (Phi) is 5.16. The Morgan fingerprint density at radius 2 is 1.88 bits per heavy atom. The quantitative estimate of drug-likeness (QED) is 0.494. The van der Waals surface area contributed by atoms with Gasteiger partial charge in [-0.1, -0.05) is 6.07 Å². The molecular formula is C23H20FN5O3. The Morgan fingerprint density at radius 3 is 2.59 bits per heavy atom. The van der Waals surface area contributed by atoms with Gasteiger partial charge in [-0.2, -0.15) is 0 Å². The molecule has 0 bridgehead atoms. The maximum Gasteiger partial charge on any atom is 0.338 e. The second kappa shape index (κ2) is 8.27. The number of fused-ring (bicyclic) bond motifs is 1. The van der Waals surface area contributed by atoms with E-state index in [0.717, 1.165) is 37.7 Å². The van der Waals surface area contributed by atoms with Gasteiger partial charge in [0.05, 0.1) is 30.7 Å². The molecule has 32 heavy (non-hydrogen) atoms. The van der Waals surface area contributed by atoms with Crippen LogP contribution in [0.3, 0.4) is 0 Å². The number of carboxylic acids is 1. The summed E-state index contributed by atoms with van der Waals surface area (Å²) in [5.41, 5.74) is 3.31. The zero-order valence-corrected chi connectivity index (χ0v) is 17.0. The van der Waals surface area contributed by atoms with Crippen molar-refractivity contribution in [1.82, 2.24) is 14.4 Å². The number of ether oxygens (including phenoxy) is 1. The minimum atomic E-state index is -1.31. The van der Waals surface area contributed by atoms with Crippen molar-refractivity contribution in [3.63, 3.8) is 0 Å². The first-order chi connectivity index (χ1) is 15.6. The van der Waals surface area contributed by atoms with Crippen molar-refractivity contribution in [2.75, 3.05) is 36.5 Å². The Labute approximate surface area is 182 Å². The summed E-state index contributed by atoms with van der Waals surface area (Å²) >= 11 is 0. The molecule has 0 aliphatic carbocycles. The third-order valence-electron chi connectivity index (χ3n) is 5.43. The lowest BCUT2D eigenvalue weighted by Crippen LogP contribution is -2.36. The van der Waals surface area contributed by atoms with Gasteiger partial charge in [0.2, 0.25) is 0 Å². The highest BCUT2D eigenvalue weighted by Crippen LogP contribution is 2.27. The number of benzene rings is 2. The first kappa shape index (κ1) is 20.0. The normalized spacial score (nSPS) is 14.0. The third-order valence-corrected chi connectivity index (χ3v) is 5.43. The number of nitrogens with zero attached hydrogens (tertiary/aromatic N) is 4. The van der Waals surface area contributed by atoms with Crippen LogP contribution in [0.2, 0.25) is 0 Å². The smallest absolute Gasteiger partial charge is 0.338 e. The fourth-order valence-electron chi connectivity index (χ4n) is 3.78. The zero-order valence-electron chi connectivity index (χ0n) is 17.0. The number of imidazole rings is 1. The van der Waals surface area contributed by atoms with Gasteiger partial charge in [-0.25, -0.2) is 19.2 Å². The number of nitrogens with one attached hydrogen (secondary N) is 1. The lowest BCUT2D eigenvalue weighted by Gasteiger charge is -2.28. The van der Waals surface area contributed by atoms with E-state index < -0.39 is 11.8 Å². The molecule has 162 valence electrons. The van der Waals surface area contributed by atoms with Crippen molar-refractivity contribution in [3.8, 4) is 11.3 Å². The SMILES string of the molecule is O=C(O)c1ccc(-c2cnc(Nc3ccc(N4CCOCC4)cc3)c3nccn23)cc1F. The second-order valence-corrected chi connectivity index (χ2v) is 7.38. The molecule has 2 N–H and O–H groups in total. The molecule has 0 radical (unpaired) electrons. The molecule has 2 aromatic carbocycles. The van der Waals surface area contributed by atoms with E-state index in [1.165, 1.54) is 12.1 Å². The Morgan fingerprint density at radius 1 is 1.09 bits per heavy atom. The summed E-state index contributed by atoms with van der Waals surface area (Å²) in [5.74, 6) is -1.55. The predicted molar refractivity (Wildman–Crippen MR) is 118 cm³/mol. The van der Waals surface area contributed by atoms with Gasteiger partial charge in [0.15, 0.2) is 11.5 Å². The fourth-order valence-corrected chi connectivity index (χ4v) is 3.78. The minimum absolute atomic E-state index is 0.373. The van der Waals surface area contributed by atoms with Crippen LogP contribution in [-0.4, -0.2) is 51.7 Å². The van der Waals surface area contributed by atoms with Crippen molar-refractivity contribution in [2.45, 2.75) is 0 Å². The average Bonchev–Trinajstić information content (AvgIpc) is 3.30. The number of aromatic carboxylic acids is 1. The number of hydrogen-bond acceptors (Lipinski definition) is 6. The topological polar surface area (TPSA) is 92.0 Å². The van der Waals surface area contributed by atoms with Crippen LogP contribution in [0.5, 0.6) is 0 Å². The molecule has 0 atom stereocenters. The monoisotopic (exact) mass is 433 g/mol. The average molecular weight is 433 g/mol. The fraction of sp³-hybridized carbons (Fsp3) is 0.174. The van der Waals surface area contributed by atoms with Crippen LogP contribution in [0.1, 0.15) is 10.4 Å². The summed E-state index contributed by atoms with van der Waals surface area (Å²) < 4.78 is 21.4. The molecule has 1 aliphatic rings. The van der Waals surface area contributed by atoms with Gasteiger partial charge in [0.1, 0.15) is 5.82 Å². The van der Waals surface area contributed by atoms with Gasteiger partial charge in [0, 0.05) is 42.4 Å². The maximum atomic E-state index is 14.2. The third kappa shape index (κ3) is 3.74. The Hall–Kier alpha value is -3.98. The largest absolute Gasteiger partial charge is 0.478 e. The summed E-state index contributed by atoms with van der Waals surface area (Å²) in [6.45, 7) is 3.21. The van der Waals surface area contributed by atoms with E-state index in [-0.39, 0.29) is 5.56 Å². The number of rotatable bonds is 5. The number of morpholine rings is 1. The van der Waals surface area contributed by atoms with Gasteiger partial charge < -0.3 is 20.1 Å². The number of carbonyl (C=O) groups is 1. The Bertz CT molecular complexity index is 1280. The van der Waals surface area contributed by atoms with E-state index >= 15 is 0 Å². The molecule has 2 aromatic heterocycles. The summed E-state index contributed by atoms with van der Waals surface area (Å²) in [6.07, 6.45) is 4.99. The molecule has 0 amide bonds. The van der Waals surface area contributed by atoms with Crippen molar-refractivity contribution < 1.29 is 19.0 Å². The summed E-state index contributed by atoms with van der Waals surface area (Å²) in [6, 6.07) is 12.1. The summed E-state index contributed by atoms with van der Waals surface area (Å²) in [4.78, 5) is 22.2. The molecule has 1 saturated heterocycles. The molecule has 0 saturated carbocycles. The Balaban J connectivity index is 1.42. The van der Waals surface area contributed by atoms with E-state index in [4.69, 9.17) is 9.84 Å². The van der Waals surface area contributed by atoms with E-state index in [1.807, 2.05) is 12.1 Å². The molecule has 1 fully saturated rings. The van der Waals surface area contributed by atoms with E-state index in [2.05, 4.69) is 32.3 Å². The van der Waals surface area contributed by atoms with Crippen molar-refractivity contribution >= 4 is 28.8 Å². The highest BCUT2D eigenvalue weighted by molar-refractivity contribution is 5.88. The van der Waals surface area contributed by atoms with Crippen LogP contribution in [-0.2, 0) is 4.74 Å². The standard InChI is InChI=1S/C23H20FN5O3/c24-19-13-15(1-6-18(19)23(30)31)20-14-26-21(22-25-7-8-29(20)22)27-16-2-4-17(5-3-16)28-9-11-32-12-10-28/h1-8,13-14H,9-12H2,(H,26,27)(H,30,31). The van der Waals surface area contributed by atoms with Crippen LogP contribution in [0, 0.1) is 5.82 Å². The summed E-state index contributed by atoms with van der Waals surface area (Å²) in [7, 11) is 0. The van der Waals surface area contributed by atoms with Crippen molar-refractivity contribution in [3.05, 3.63) is 72.4 Å². The van der Waals surface area contributed by atoms with Crippen LogP contribution >= 0.6 is 0 Å². The number of anilines is 3. The molecular weight excluding hydrogens is 413 g/mol. The van der Waals surface area contributed by atoms with E-state index in [0.29, 0.717) is 22.7 Å². The molecule has 3 heterocycles. The van der Waals surface area contributed by atoms with Gasteiger partial charge in [0.25, 0.3) is 0 Å². The van der Waals surface area contributed by atoms with Crippen molar-refractivity contribution in [2.24, 2.45) is 0 Å². The minimum Gasteiger partial charge on any atom is -0.478 e. The van der Waals surface area contributed by atoms with Crippen LogP contribution < -0.4 is 10.2 Å². The first-order valence-corrected chi connectivity index (χ1v) is 10.2.